The molecule has 1 aromatic carbocycles. The fraction of sp³-hybridized carbons (Fsp3) is 0.222. The summed E-state index contributed by atoms with van der Waals surface area (Å²) in [4.78, 5) is 24.3. The maximum atomic E-state index is 12.1. The van der Waals surface area contributed by atoms with E-state index >= 15 is 0 Å². The van der Waals surface area contributed by atoms with E-state index in [2.05, 4.69) is 0 Å². The summed E-state index contributed by atoms with van der Waals surface area (Å²) in [6.45, 7) is 2.11. The molecule has 0 saturated heterocycles. The molecule has 2 aromatic rings. The third-order valence-corrected chi connectivity index (χ3v) is 3.24. The van der Waals surface area contributed by atoms with Crippen LogP contribution in [0, 0.1) is 6.92 Å². The van der Waals surface area contributed by atoms with Crippen molar-refractivity contribution in [3.63, 3.8) is 0 Å². The number of carbonyl (C=O) groups is 2. The van der Waals surface area contributed by atoms with Crippen molar-refractivity contribution in [1.29, 1.82) is 0 Å². The highest BCUT2D eigenvalue weighted by molar-refractivity contribution is 5.91. The first-order chi connectivity index (χ1) is 11.4. The van der Waals surface area contributed by atoms with Crippen molar-refractivity contribution in [2.45, 2.75) is 13.5 Å². The third-order valence-electron chi connectivity index (χ3n) is 3.24. The number of likely N-dealkylation sites (N-methyl/N-ethyl adjacent to an activating group) is 1. The highest BCUT2D eigenvalue weighted by atomic mass is 16.5. The Morgan fingerprint density at radius 2 is 1.92 bits per heavy atom. The number of carbonyl (C=O) groups excluding carboxylic acids is 2. The molecule has 2 rings (SSSR count). The minimum atomic E-state index is -0.528. The van der Waals surface area contributed by atoms with Crippen molar-refractivity contribution in [2.75, 3.05) is 13.7 Å². The van der Waals surface area contributed by atoms with Gasteiger partial charge in [-0.25, -0.2) is 0 Å². The van der Waals surface area contributed by atoms with Crippen molar-refractivity contribution in [3.8, 4) is 5.75 Å². The predicted molar refractivity (Wildman–Crippen MR) is 90.1 cm³/mol. The van der Waals surface area contributed by atoms with E-state index in [-0.39, 0.29) is 12.5 Å². The largest absolute Gasteiger partial charge is 0.484 e. The second-order valence-electron chi connectivity index (χ2n) is 5.36. The zero-order valence-corrected chi connectivity index (χ0v) is 13.7. The number of furan rings is 1. The Balaban J connectivity index is 1.89. The highest BCUT2D eigenvalue weighted by Crippen LogP contribution is 2.13. The number of aryl methyl sites for hydroxylation is 1. The van der Waals surface area contributed by atoms with Crippen molar-refractivity contribution in [2.24, 2.45) is 5.73 Å². The topological polar surface area (TPSA) is 85.8 Å². The molecular formula is C18H20N2O4. The molecule has 0 atom stereocenters. The lowest BCUT2D eigenvalue weighted by molar-refractivity contribution is -0.125. The van der Waals surface area contributed by atoms with E-state index in [1.54, 1.807) is 42.3 Å². The van der Waals surface area contributed by atoms with E-state index in [0.717, 1.165) is 17.1 Å². The summed E-state index contributed by atoms with van der Waals surface area (Å²) in [5, 5.41) is 0. The second-order valence-corrected chi connectivity index (χ2v) is 5.36. The van der Waals surface area contributed by atoms with Crippen LogP contribution in [-0.4, -0.2) is 30.4 Å². The van der Waals surface area contributed by atoms with E-state index in [1.165, 1.54) is 6.08 Å². The van der Waals surface area contributed by atoms with E-state index in [1.807, 2.05) is 19.1 Å². The third kappa shape index (κ3) is 5.31. The van der Waals surface area contributed by atoms with Gasteiger partial charge in [-0.15, -0.1) is 0 Å². The molecule has 2 amide bonds. The average molecular weight is 328 g/mol. The van der Waals surface area contributed by atoms with Crippen molar-refractivity contribution in [3.05, 3.63) is 59.6 Å². The summed E-state index contributed by atoms with van der Waals surface area (Å²) in [7, 11) is 1.71. The molecule has 0 saturated carbocycles. The molecule has 24 heavy (non-hydrogen) atoms. The molecule has 0 bridgehead atoms. The van der Waals surface area contributed by atoms with Crippen LogP contribution in [-0.2, 0) is 16.1 Å². The molecular weight excluding hydrogens is 308 g/mol. The molecule has 0 aliphatic rings. The van der Waals surface area contributed by atoms with Crippen LogP contribution >= 0.6 is 0 Å². The molecule has 0 aliphatic heterocycles. The lowest BCUT2D eigenvalue weighted by Crippen LogP contribution is -2.23. The van der Waals surface area contributed by atoms with Gasteiger partial charge < -0.3 is 19.8 Å². The summed E-state index contributed by atoms with van der Waals surface area (Å²) in [6.07, 6.45) is 3.21. The van der Waals surface area contributed by atoms with Crippen LogP contribution in [0.25, 0.3) is 6.08 Å². The maximum absolute atomic E-state index is 12.1. The van der Waals surface area contributed by atoms with Crippen LogP contribution in [0.5, 0.6) is 5.75 Å². The fourth-order valence-corrected chi connectivity index (χ4v) is 2.01. The van der Waals surface area contributed by atoms with E-state index in [9.17, 15) is 9.59 Å². The number of rotatable bonds is 7. The van der Waals surface area contributed by atoms with Gasteiger partial charge in [0.05, 0.1) is 6.54 Å². The van der Waals surface area contributed by atoms with Crippen LogP contribution in [0.15, 0.2) is 46.9 Å². The molecule has 2 N–H and O–H groups in total. The lowest BCUT2D eigenvalue weighted by atomic mass is 10.2. The van der Waals surface area contributed by atoms with Crippen LogP contribution in [0.1, 0.15) is 17.1 Å². The average Bonchev–Trinajstić information content (AvgIpc) is 2.96. The fourth-order valence-electron chi connectivity index (χ4n) is 2.01. The highest BCUT2D eigenvalue weighted by Gasteiger charge is 2.08. The Kier molecular flexibility index (Phi) is 5.78. The summed E-state index contributed by atoms with van der Waals surface area (Å²) < 4.78 is 10.6. The minimum absolute atomic E-state index is 0.127. The van der Waals surface area contributed by atoms with Gasteiger partial charge in [-0.3, -0.25) is 9.59 Å². The Morgan fingerprint density at radius 3 is 2.50 bits per heavy atom. The Hall–Kier alpha value is -3.02. The first-order valence-corrected chi connectivity index (χ1v) is 7.43. The van der Waals surface area contributed by atoms with Crippen molar-refractivity contribution < 1.29 is 18.7 Å². The van der Waals surface area contributed by atoms with Gasteiger partial charge in [0.1, 0.15) is 17.3 Å². The van der Waals surface area contributed by atoms with Gasteiger partial charge in [0.15, 0.2) is 6.61 Å². The number of ether oxygens (including phenoxy) is 1. The molecule has 1 heterocycles. The van der Waals surface area contributed by atoms with Crippen LogP contribution in [0.3, 0.4) is 0 Å². The number of nitrogens with zero attached hydrogens (tertiary/aromatic N) is 1. The molecule has 6 heteroatoms. The molecule has 0 unspecified atom stereocenters. The van der Waals surface area contributed by atoms with Gasteiger partial charge in [-0.05, 0) is 42.8 Å². The Morgan fingerprint density at radius 1 is 1.21 bits per heavy atom. The van der Waals surface area contributed by atoms with E-state index in [0.29, 0.717) is 12.3 Å². The summed E-state index contributed by atoms with van der Waals surface area (Å²) in [6, 6.07) is 10.7. The molecule has 126 valence electrons. The maximum Gasteiger partial charge on any atom is 0.255 e. The summed E-state index contributed by atoms with van der Waals surface area (Å²) >= 11 is 0. The summed E-state index contributed by atoms with van der Waals surface area (Å²) in [5.74, 6) is 1.45. The molecule has 0 spiro atoms. The second kappa shape index (κ2) is 8.01. The van der Waals surface area contributed by atoms with Crippen molar-refractivity contribution >= 4 is 17.9 Å². The number of hydrogen-bond acceptors (Lipinski definition) is 4. The molecule has 1 aromatic heterocycles. The van der Waals surface area contributed by atoms with Crippen LogP contribution in [0.4, 0.5) is 0 Å². The number of hydrogen-bond donors (Lipinski definition) is 1. The summed E-state index contributed by atoms with van der Waals surface area (Å²) in [5.41, 5.74) is 5.86. The number of amides is 2. The predicted octanol–water partition coefficient (Wildman–Crippen LogP) is 2.12. The normalized spacial score (nSPS) is 10.8. The molecule has 6 nitrogen and oxygen atoms in total. The first kappa shape index (κ1) is 17.3. The minimum Gasteiger partial charge on any atom is -0.484 e. The zero-order chi connectivity index (χ0) is 17.5. The van der Waals surface area contributed by atoms with Gasteiger partial charge in [0.25, 0.3) is 5.91 Å². The monoisotopic (exact) mass is 328 g/mol. The lowest BCUT2D eigenvalue weighted by Gasteiger charge is -2.13. The first-order valence-electron chi connectivity index (χ1n) is 7.43. The van der Waals surface area contributed by atoms with Gasteiger partial charge in [0, 0.05) is 13.1 Å². The van der Waals surface area contributed by atoms with Gasteiger partial charge in [-0.1, -0.05) is 12.1 Å². The van der Waals surface area contributed by atoms with Crippen LogP contribution < -0.4 is 10.5 Å². The molecule has 0 fully saturated rings. The standard InChI is InChI=1S/C18H20N2O4/c1-13-3-7-16(24-13)11-20(2)18(22)10-6-14-4-8-15(9-5-14)23-12-17(19)21/h3-10H,11-12H2,1-2H3,(H2,19,21)/b10-6+. The molecule has 0 aliphatic carbocycles. The smallest absolute Gasteiger partial charge is 0.255 e. The Labute approximate surface area is 140 Å². The SMILES string of the molecule is Cc1ccc(CN(C)C(=O)/C=C/c2ccc(OCC(N)=O)cc2)o1. The van der Waals surface area contributed by atoms with Crippen molar-refractivity contribution in [1.82, 2.24) is 4.90 Å². The van der Waals surface area contributed by atoms with Gasteiger partial charge in [-0.2, -0.15) is 0 Å². The van der Waals surface area contributed by atoms with E-state index < -0.39 is 5.91 Å². The quantitative estimate of drug-likeness (QED) is 0.789. The number of nitrogens with two attached hydrogens (primary N) is 1. The van der Waals surface area contributed by atoms with Gasteiger partial charge >= 0.3 is 0 Å². The molecule has 0 radical (unpaired) electrons. The van der Waals surface area contributed by atoms with Gasteiger partial charge in [0.2, 0.25) is 5.91 Å². The van der Waals surface area contributed by atoms with E-state index in [4.69, 9.17) is 14.9 Å². The number of benzene rings is 1. The Bertz CT molecular complexity index is 732. The number of primary amides is 1. The van der Waals surface area contributed by atoms with Crippen LogP contribution in [0.2, 0.25) is 0 Å². The zero-order valence-electron chi connectivity index (χ0n) is 13.7.